The zero-order valence-electron chi connectivity index (χ0n) is 17.4. The molecule has 0 radical (unpaired) electrons. The first-order valence-electron chi connectivity index (χ1n) is 9.34. The Balaban J connectivity index is 2.06. The number of aromatic nitrogens is 2. The van der Waals surface area contributed by atoms with E-state index in [1.165, 1.54) is 25.4 Å². The number of aliphatic hydroxyl groups is 1. The Hall–Kier alpha value is -3.40. The third-order valence-corrected chi connectivity index (χ3v) is 4.86. The summed E-state index contributed by atoms with van der Waals surface area (Å²) >= 11 is 0. The summed E-state index contributed by atoms with van der Waals surface area (Å²) in [5.74, 6) is -0.865. The first-order chi connectivity index (χ1) is 14.5. The summed E-state index contributed by atoms with van der Waals surface area (Å²) in [5, 5.41) is 14.3. The van der Waals surface area contributed by atoms with Gasteiger partial charge in [0, 0.05) is 5.56 Å². The predicted octanol–water partition coefficient (Wildman–Crippen LogP) is 3.25. The van der Waals surface area contributed by atoms with Crippen molar-refractivity contribution in [1.29, 1.82) is 0 Å². The number of carbonyl (C=O) groups is 1. The Kier molecular flexibility index (Phi) is 6.03. The van der Waals surface area contributed by atoms with Crippen LogP contribution in [0.4, 0.5) is 8.78 Å². The molecule has 0 bridgehead atoms. The molecule has 1 atom stereocenters. The number of pyridine rings is 1. The standard InChI is InChI=1S/C21H23F2N3O5/c1-11(21(2,3)28)30-13-5-6-15-14(9-25-26(15)10-13)12-7-16(29-4)18(19(24)27)17(8-12)31-20(22)23/h5-11,20,28H,1-4H3,(H2,24,27)/t11-/m0/s1. The monoisotopic (exact) mass is 435 g/mol. The van der Waals surface area contributed by atoms with Crippen LogP contribution in [0.5, 0.6) is 17.2 Å². The zero-order chi connectivity index (χ0) is 22.9. The number of hydrogen-bond donors (Lipinski definition) is 2. The molecule has 3 aromatic rings. The second-order valence-electron chi connectivity index (χ2n) is 7.46. The van der Waals surface area contributed by atoms with E-state index >= 15 is 0 Å². The number of benzene rings is 1. The molecule has 0 saturated carbocycles. The minimum atomic E-state index is -3.15. The minimum absolute atomic E-state index is 0.000967. The quantitative estimate of drug-likeness (QED) is 0.562. The van der Waals surface area contributed by atoms with Gasteiger partial charge in [0.15, 0.2) is 0 Å². The fourth-order valence-electron chi connectivity index (χ4n) is 2.94. The van der Waals surface area contributed by atoms with Gasteiger partial charge in [-0.15, -0.1) is 0 Å². The van der Waals surface area contributed by atoms with Crippen molar-refractivity contribution in [2.24, 2.45) is 5.73 Å². The smallest absolute Gasteiger partial charge is 0.387 e. The van der Waals surface area contributed by atoms with Gasteiger partial charge in [-0.1, -0.05) is 0 Å². The number of alkyl halides is 2. The molecule has 2 heterocycles. The third kappa shape index (κ3) is 4.69. The highest BCUT2D eigenvalue weighted by molar-refractivity contribution is 6.00. The van der Waals surface area contributed by atoms with Crippen molar-refractivity contribution in [1.82, 2.24) is 9.61 Å². The van der Waals surface area contributed by atoms with Crippen molar-refractivity contribution in [3.8, 4) is 28.4 Å². The second-order valence-corrected chi connectivity index (χ2v) is 7.46. The molecular formula is C21H23F2N3O5. The molecule has 3 rings (SSSR count). The molecule has 0 aliphatic heterocycles. The van der Waals surface area contributed by atoms with Gasteiger partial charge < -0.3 is 25.1 Å². The fraction of sp³-hybridized carbons (Fsp3) is 0.333. The molecule has 8 nitrogen and oxygen atoms in total. The number of nitrogens with zero attached hydrogens (tertiary/aromatic N) is 2. The maximum Gasteiger partial charge on any atom is 0.387 e. The average molecular weight is 435 g/mol. The molecular weight excluding hydrogens is 412 g/mol. The average Bonchev–Trinajstić information content (AvgIpc) is 3.09. The van der Waals surface area contributed by atoms with Crippen LogP contribution < -0.4 is 19.9 Å². The highest BCUT2D eigenvalue weighted by Gasteiger charge is 2.25. The van der Waals surface area contributed by atoms with Crippen LogP contribution in [0.25, 0.3) is 16.6 Å². The summed E-state index contributed by atoms with van der Waals surface area (Å²) in [6, 6.07) is 6.22. The highest BCUT2D eigenvalue weighted by Crippen LogP contribution is 2.37. The van der Waals surface area contributed by atoms with Crippen LogP contribution in [0, 0.1) is 0 Å². The molecule has 166 valence electrons. The zero-order valence-corrected chi connectivity index (χ0v) is 17.4. The minimum Gasteiger partial charge on any atom is -0.496 e. The first-order valence-corrected chi connectivity index (χ1v) is 9.34. The van der Waals surface area contributed by atoms with Crippen molar-refractivity contribution in [2.75, 3.05) is 7.11 Å². The Morgan fingerprint density at radius 3 is 2.48 bits per heavy atom. The molecule has 0 spiro atoms. The normalized spacial score (nSPS) is 12.8. The maximum absolute atomic E-state index is 12.9. The van der Waals surface area contributed by atoms with Crippen molar-refractivity contribution in [2.45, 2.75) is 39.1 Å². The van der Waals surface area contributed by atoms with Crippen molar-refractivity contribution in [3.05, 3.63) is 42.2 Å². The third-order valence-electron chi connectivity index (χ3n) is 4.86. The number of hydrogen-bond acceptors (Lipinski definition) is 6. The molecule has 0 fully saturated rings. The summed E-state index contributed by atoms with van der Waals surface area (Å²) in [4.78, 5) is 11.8. The Labute approximate surface area is 177 Å². The number of carbonyl (C=O) groups excluding carboxylic acids is 1. The molecule has 0 saturated heterocycles. The Morgan fingerprint density at radius 1 is 1.23 bits per heavy atom. The largest absolute Gasteiger partial charge is 0.496 e. The van der Waals surface area contributed by atoms with E-state index in [2.05, 4.69) is 9.84 Å². The Bertz CT molecular complexity index is 1110. The van der Waals surface area contributed by atoms with Crippen LogP contribution in [-0.4, -0.2) is 46.1 Å². The lowest BCUT2D eigenvalue weighted by atomic mass is 10.0. The van der Waals surface area contributed by atoms with Gasteiger partial charge in [-0.25, -0.2) is 4.52 Å². The number of methoxy groups -OCH3 is 1. The van der Waals surface area contributed by atoms with E-state index < -0.39 is 30.0 Å². The van der Waals surface area contributed by atoms with Gasteiger partial charge >= 0.3 is 6.61 Å². The van der Waals surface area contributed by atoms with Gasteiger partial charge in [-0.3, -0.25) is 4.79 Å². The fourth-order valence-corrected chi connectivity index (χ4v) is 2.94. The van der Waals surface area contributed by atoms with Crippen LogP contribution in [0.1, 0.15) is 31.1 Å². The van der Waals surface area contributed by atoms with E-state index in [0.29, 0.717) is 22.4 Å². The molecule has 10 heteroatoms. The molecule has 2 aromatic heterocycles. The SMILES string of the molecule is COc1cc(-c2cnn3cc(O[C@@H](C)C(C)(C)O)ccc23)cc(OC(F)F)c1C(N)=O. The van der Waals surface area contributed by atoms with Crippen LogP contribution in [0.15, 0.2) is 36.7 Å². The second kappa shape index (κ2) is 8.38. The number of halogens is 2. The summed E-state index contributed by atoms with van der Waals surface area (Å²) in [6.07, 6.45) is 2.69. The van der Waals surface area contributed by atoms with Gasteiger partial charge in [0.2, 0.25) is 0 Å². The van der Waals surface area contributed by atoms with Gasteiger partial charge in [0.05, 0.1) is 30.6 Å². The van der Waals surface area contributed by atoms with E-state index in [0.717, 1.165) is 0 Å². The van der Waals surface area contributed by atoms with Gasteiger partial charge in [0.25, 0.3) is 5.91 Å². The molecule has 0 aliphatic rings. The number of primary amides is 1. The summed E-state index contributed by atoms with van der Waals surface area (Å²) in [5.41, 5.74) is 5.66. The van der Waals surface area contributed by atoms with Crippen LogP contribution in [0.2, 0.25) is 0 Å². The molecule has 0 unspecified atom stereocenters. The lowest BCUT2D eigenvalue weighted by molar-refractivity contribution is -0.0502. The van der Waals surface area contributed by atoms with E-state index in [-0.39, 0.29) is 11.3 Å². The lowest BCUT2D eigenvalue weighted by Crippen LogP contribution is -2.37. The van der Waals surface area contributed by atoms with Crippen molar-refractivity contribution in [3.63, 3.8) is 0 Å². The van der Waals surface area contributed by atoms with Gasteiger partial charge in [0.1, 0.15) is 28.9 Å². The molecule has 3 N–H and O–H groups in total. The number of fused-ring (bicyclic) bond motifs is 1. The first kappa shape index (κ1) is 22.3. The summed E-state index contributed by atoms with van der Waals surface area (Å²) < 4.78 is 42.8. The molecule has 31 heavy (non-hydrogen) atoms. The van der Waals surface area contributed by atoms with Crippen LogP contribution >= 0.6 is 0 Å². The molecule has 1 amide bonds. The summed E-state index contributed by atoms with van der Waals surface area (Å²) in [7, 11) is 1.29. The van der Waals surface area contributed by atoms with Gasteiger partial charge in [-0.05, 0) is 50.6 Å². The van der Waals surface area contributed by atoms with Crippen LogP contribution in [-0.2, 0) is 0 Å². The molecule has 0 aliphatic carbocycles. The summed E-state index contributed by atoms with van der Waals surface area (Å²) in [6.45, 7) is 1.88. The number of amides is 1. The predicted molar refractivity (Wildman–Crippen MR) is 109 cm³/mol. The number of ether oxygens (including phenoxy) is 3. The van der Waals surface area contributed by atoms with Crippen molar-refractivity contribution >= 4 is 11.4 Å². The van der Waals surface area contributed by atoms with Crippen molar-refractivity contribution < 1.29 is 32.9 Å². The van der Waals surface area contributed by atoms with E-state index in [9.17, 15) is 18.7 Å². The van der Waals surface area contributed by atoms with E-state index in [1.54, 1.807) is 43.6 Å². The number of nitrogens with two attached hydrogens (primary N) is 1. The van der Waals surface area contributed by atoms with Gasteiger partial charge in [-0.2, -0.15) is 13.9 Å². The topological polar surface area (TPSA) is 108 Å². The molecule has 1 aromatic carbocycles. The van der Waals surface area contributed by atoms with Crippen LogP contribution in [0.3, 0.4) is 0 Å². The maximum atomic E-state index is 12.9. The Morgan fingerprint density at radius 2 is 1.90 bits per heavy atom. The number of rotatable bonds is 8. The van der Waals surface area contributed by atoms with E-state index in [4.69, 9.17) is 15.2 Å². The van der Waals surface area contributed by atoms with E-state index in [1.807, 2.05) is 0 Å². The lowest BCUT2D eigenvalue weighted by Gasteiger charge is -2.26. The highest BCUT2D eigenvalue weighted by atomic mass is 19.3.